The van der Waals surface area contributed by atoms with E-state index in [1.54, 1.807) is 6.08 Å². The second-order valence-electron chi connectivity index (χ2n) is 5.46. The van der Waals surface area contributed by atoms with Crippen LogP contribution in [0.2, 0.25) is 0 Å². The molecule has 2 N–H and O–H groups in total. The maximum Gasteiger partial charge on any atom is 0.259 e. The van der Waals surface area contributed by atoms with Crippen molar-refractivity contribution in [1.82, 2.24) is 9.79 Å². The average Bonchev–Trinajstić information content (AvgIpc) is 2.62. The first-order valence-electron chi connectivity index (χ1n) is 7.61. The third-order valence-corrected chi connectivity index (χ3v) is 5.33. The van der Waals surface area contributed by atoms with Crippen LogP contribution in [0.3, 0.4) is 0 Å². The first-order valence-corrected chi connectivity index (χ1v) is 9.22. The Morgan fingerprint density at radius 1 is 1.08 bits per heavy atom. The first-order chi connectivity index (χ1) is 11.9. The Bertz CT molecular complexity index is 831. The van der Waals surface area contributed by atoms with Crippen molar-refractivity contribution in [2.24, 2.45) is 0 Å². The molecule has 132 valence electrons. The lowest BCUT2D eigenvalue weighted by molar-refractivity contribution is -0.126. The van der Waals surface area contributed by atoms with E-state index in [0.717, 1.165) is 21.0 Å². The molecular weight excluding hydrogens is 340 g/mol. The molecule has 0 fully saturated rings. The summed E-state index contributed by atoms with van der Waals surface area (Å²) in [6.07, 6.45) is 3.51. The Hall–Kier alpha value is -2.48. The highest BCUT2D eigenvalue weighted by Crippen LogP contribution is 2.19. The largest absolute Gasteiger partial charge is 0.289 e. The number of sulfonamides is 1. The van der Waals surface area contributed by atoms with Crippen LogP contribution < -0.4 is 5.48 Å². The van der Waals surface area contributed by atoms with Crippen LogP contribution in [0.4, 0.5) is 0 Å². The molecule has 6 nitrogen and oxygen atoms in total. The standard InChI is InChI=1S/C18H20N2O4S/c1-20(25(23,24)14-18(21)19-22)13-5-6-15-9-11-17(12-10-15)16-7-3-2-4-8-16/h2-12,22H,13-14H2,1H3,(H,19,21)/b6-5+. The van der Waals surface area contributed by atoms with Gasteiger partial charge in [-0.25, -0.2) is 18.2 Å². The van der Waals surface area contributed by atoms with E-state index < -0.39 is 21.7 Å². The Morgan fingerprint density at radius 2 is 1.68 bits per heavy atom. The lowest BCUT2D eigenvalue weighted by Gasteiger charge is -2.14. The van der Waals surface area contributed by atoms with E-state index in [4.69, 9.17) is 5.21 Å². The normalized spacial score (nSPS) is 11.8. The molecule has 0 bridgehead atoms. The fraction of sp³-hybridized carbons (Fsp3) is 0.167. The van der Waals surface area contributed by atoms with Gasteiger partial charge in [-0.2, -0.15) is 0 Å². The van der Waals surface area contributed by atoms with Crippen LogP contribution in [0, 0.1) is 0 Å². The highest BCUT2D eigenvalue weighted by atomic mass is 32.2. The molecule has 25 heavy (non-hydrogen) atoms. The van der Waals surface area contributed by atoms with Crippen molar-refractivity contribution in [3.63, 3.8) is 0 Å². The van der Waals surface area contributed by atoms with Crippen LogP contribution in [0.1, 0.15) is 5.56 Å². The fourth-order valence-corrected chi connectivity index (χ4v) is 3.11. The minimum Gasteiger partial charge on any atom is -0.289 e. The monoisotopic (exact) mass is 360 g/mol. The Labute approximate surface area is 147 Å². The van der Waals surface area contributed by atoms with E-state index in [9.17, 15) is 13.2 Å². The second kappa shape index (κ2) is 8.57. The van der Waals surface area contributed by atoms with Gasteiger partial charge in [-0.15, -0.1) is 0 Å². The minimum atomic E-state index is -3.76. The number of carbonyl (C=O) groups is 1. The molecule has 0 unspecified atom stereocenters. The molecule has 7 heteroatoms. The smallest absolute Gasteiger partial charge is 0.259 e. The lowest BCUT2D eigenvalue weighted by Crippen LogP contribution is -2.36. The van der Waals surface area contributed by atoms with Crippen LogP contribution in [-0.4, -0.2) is 43.2 Å². The van der Waals surface area contributed by atoms with Gasteiger partial charge in [-0.3, -0.25) is 10.0 Å². The van der Waals surface area contributed by atoms with E-state index in [1.165, 1.54) is 12.5 Å². The van der Waals surface area contributed by atoms with Crippen molar-refractivity contribution in [3.05, 3.63) is 66.2 Å². The molecule has 0 saturated carbocycles. The molecule has 2 rings (SSSR count). The Kier molecular flexibility index (Phi) is 6.46. The molecule has 0 spiro atoms. The number of hydrogen-bond acceptors (Lipinski definition) is 4. The van der Waals surface area contributed by atoms with Gasteiger partial charge in [0.15, 0.2) is 0 Å². The van der Waals surface area contributed by atoms with Gasteiger partial charge >= 0.3 is 0 Å². The number of nitrogens with one attached hydrogen (secondary N) is 1. The number of hydrogen-bond donors (Lipinski definition) is 2. The predicted octanol–water partition coefficient (Wildman–Crippen LogP) is 2.13. The van der Waals surface area contributed by atoms with Crippen LogP contribution in [0.25, 0.3) is 17.2 Å². The van der Waals surface area contributed by atoms with Gasteiger partial charge in [0.05, 0.1) is 0 Å². The van der Waals surface area contributed by atoms with Gasteiger partial charge in [0.25, 0.3) is 5.91 Å². The van der Waals surface area contributed by atoms with Gasteiger partial charge in [0.2, 0.25) is 10.0 Å². The van der Waals surface area contributed by atoms with E-state index in [-0.39, 0.29) is 6.54 Å². The Morgan fingerprint density at radius 3 is 2.28 bits per heavy atom. The topological polar surface area (TPSA) is 86.7 Å². The van der Waals surface area contributed by atoms with Crippen molar-refractivity contribution < 1.29 is 18.4 Å². The van der Waals surface area contributed by atoms with Crippen LogP contribution in [-0.2, 0) is 14.8 Å². The van der Waals surface area contributed by atoms with Crippen LogP contribution >= 0.6 is 0 Å². The zero-order chi connectivity index (χ0) is 18.3. The molecular formula is C18H20N2O4S. The molecule has 0 radical (unpaired) electrons. The summed E-state index contributed by atoms with van der Waals surface area (Å²) < 4.78 is 24.8. The van der Waals surface area contributed by atoms with Crippen LogP contribution in [0.5, 0.6) is 0 Å². The maximum absolute atomic E-state index is 11.9. The number of nitrogens with zero attached hydrogens (tertiary/aromatic N) is 1. The average molecular weight is 360 g/mol. The lowest BCUT2D eigenvalue weighted by atomic mass is 10.0. The summed E-state index contributed by atoms with van der Waals surface area (Å²) in [5.41, 5.74) is 4.49. The maximum atomic E-state index is 11.9. The molecule has 0 saturated heterocycles. The van der Waals surface area contributed by atoms with Gasteiger partial charge in [0.1, 0.15) is 5.75 Å². The number of hydroxylamine groups is 1. The van der Waals surface area contributed by atoms with Gasteiger partial charge < -0.3 is 0 Å². The summed E-state index contributed by atoms with van der Waals surface area (Å²) in [4.78, 5) is 11.0. The van der Waals surface area contributed by atoms with Crippen molar-refractivity contribution >= 4 is 22.0 Å². The molecule has 0 aliphatic carbocycles. The van der Waals surface area contributed by atoms with Crippen molar-refractivity contribution in [3.8, 4) is 11.1 Å². The van der Waals surface area contributed by atoms with E-state index in [0.29, 0.717) is 0 Å². The summed E-state index contributed by atoms with van der Waals surface area (Å²) in [7, 11) is -2.38. The van der Waals surface area contributed by atoms with E-state index in [2.05, 4.69) is 0 Å². The first kappa shape index (κ1) is 18.9. The summed E-state index contributed by atoms with van der Waals surface area (Å²) in [5.74, 6) is -1.76. The Balaban J connectivity index is 1.97. The van der Waals surface area contributed by atoms with Gasteiger partial charge in [0, 0.05) is 13.6 Å². The number of carbonyl (C=O) groups excluding carboxylic acids is 1. The minimum absolute atomic E-state index is 0.126. The summed E-state index contributed by atoms with van der Waals surface area (Å²) in [6, 6.07) is 17.9. The highest BCUT2D eigenvalue weighted by molar-refractivity contribution is 7.89. The second-order valence-corrected chi connectivity index (χ2v) is 7.54. The zero-order valence-corrected chi connectivity index (χ0v) is 14.6. The number of benzene rings is 2. The molecule has 0 aromatic heterocycles. The summed E-state index contributed by atoms with van der Waals surface area (Å²) in [5, 5.41) is 8.41. The molecule has 2 aromatic rings. The van der Waals surface area contributed by atoms with E-state index in [1.807, 2.05) is 60.7 Å². The van der Waals surface area contributed by atoms with Crippen LogP contribution in [0.15, 0.2) is 60.7 Å². The molecule has 1 amide bonds. The number of rotatable bonds is 7. The SMILES string of the molecule is CN(C/C=C/c1ccc(-c2ccccc2)cc1)S(=O)(=O)CC(=O)NO. The molecule has 0 atom stereocenters. The van der Waals surface area contributed by atoms with Crippen molar-refractivity contribution in [1.29, 1.82) is 0 Å². The molecule has 0 heterocycles. The number of likely N-dealkylation sites (N-methyl/N-ethyl adjacent to an activating group) is 1. The predicted molar refractivity (Wildman–Crippen MR) is 97.3 cm³/mol. The van der Waals surface area contributed by atoms with Crippen molar-refractivity contribution in [2.45, 2.75) is 0 Å². The summed E-state index contributed by atoms with van der Waals surface area (Å²) in [6.45, 7) is 0.126. The van der Waals surface area contributed by atoms with Crippen molar-refractivity contribution in [2.75, 3.05) is 19.3 Å². The zero-order valence-electron chi connectivity index (χ0n) is 13.8. The van der Waals surface area contributed by atoms with Gasteiger partial charge in [-0.1, -0.05) is 66.7 Å². The third kappa shape index (κ3) is 5.53. The fourth-order valence-electron chi connectivity index (χ4n) is 2.18. The van der Waals surface area contributed by atoms with E-state index >= 15 is 0 Å². The molecule has 0 aliphatic heterocycles. The molecule has 0 aliphatic rings. The summed E-state index contributed by atoms with van der Waals surface area (Å²) >= 11 is 0. The third-order valence-electron chi connectivity index (χ3n) is 3.60. The quantitative estimate of drug-likeness (QED) is 0.585. The van der Waals surface area contributed by atoms with Gasteiger partial charge in [-0.05, 0) is 16.7 Å². The molecule has 2 aromatic carbocycles. The number of amides is 1. The highest BCUT2D eigenvalue weighted by Gasteiger charge is 2.20.